The first-order chi connectivity index (χ1) is 5.77. The van der Waals surface area contributed by atoms with Crippen molar-refractivity contribution in [2.75, 3.05) is 5.73 Å². The number of rotatable bonds is 0. The van der Waals surface area contributed by atoms with Crippen LogP contribution < -0.4 is 11.3 Å². The molecule has 12 heavy (non-hydrogen) atoms. The second-order valence-corrected chi connectivity index (χ2v) is 3.25. The molecule has 0 radical (unpaired) electrons. The van der Waals surface area contributed by atoms with Gasteiger partial charge in [0.25, 0.3) is 0 Å². The molecular weight excluding hydrogens is 152 g/mol. The third-order valence-electron chi connectivity index (χ3n) is 2.38. The molecule has 1 aliphatic rings. The molecular formula is C9H12N2O. The molecule has 1 heterocycles. The van der Waals surface area contributed by atoms with E-state index in [0.717, 1.165) is 30.5 Å². The number of aromatic amines is 1. The van der Waals surface area contributed by atoms with Crippen molar-refractivity contribution < 1.29 is 0 Å². The minimum Gasteiger partial charge on any atom is -0.398 e. The van der Waals surface area contributed by atoms with Crippen molar-refractivity contribution >= 4 is 5.69 Å². The lowest BCUT2D eigenvalue weighted by molar-refractivity contribution is 0.667. The predicted molar refractivity (Wildman–Crippen MR) is 48.1 cm³/mol. The number of hydrogen-bond acceptors (Lipinski definition) is 2. The van der Waals surface area contributed by atoms with Gasteiger partial charge in [-0.3, -0.25) is 4.79 Å². The number of nitrogens with one attached hydrogen (secondary N) is 1. The van der Waals surface area contributed by atoms with E-state index in [1.54, 1.807) is 0 Å². The summed E-state index contributed by atoms with van der Waals surface area (Å²) in [7, 11) is 0. The molecule has 0 fully saturated rings. The molecule has 0 bridgehead atoms. The Hall–Kier alpha value is -1.25. The van der Waals surface area contributed by atoms with Crippen molar-refractivity contribution in [2.24, 2.45) is 0 Å². The molecule has 3 heteroatoms. The van der Waals surface area contributed by atoms with Gasteiger partial charge in [0.15, 0.2) is 0 Å². The van der Waals surface area contributed by atoms with Gasteiger partial charge in [-0.05, 0) is 31.2 Å². The molecule has 0 unspecified atom stereocenters. The molecule has 1 aliphatic carbocycles. The summed E-state index contributed by atoms with van der Waals surface area (Å²) in [5.74, 6) is 0. The summed E-state index contributed by atoms with van der Waals surface area (Å²) in [5.41, 5.74) is 8.51. The number of aromatic nitrogens is 1. The number of nitrogen functional groups attached to an aromatic ring is 1. The van der Waals surface area contributed by atoms with E-state index in [0.29, 0.717) is 5.69 Å². The van der Waals surface area contributed by atoms with Gasteiger partial charge in [-0.1, -0.05) is 0 Å². The van der Waals surface area contributed by atoms with E-state index in [1.165, 1.54) is 12.5 Å². The van der Waals surface area contributed by atoms with Crippen LogP contribution in [-0.4, -0.2) is 4.98 Å². The maximum atomic E-state index is 11.0. The highest BCUT2D eigenvalue weighted by atomic mass is 16.1. The van der Waals surface area contributed by atoms with Crippen molar-refractivity contribution in [3.05, 3.63) is 27.7 Å². The fraction of sp³-hybridized carbons (Fsp3) is 0.444. The van der Waals surface area contributed by atoms with E-state index in [1.807, 2.05) is 0 Å². The highest BCUT2D eigenvalue weighted by molar-refractivity contribution is 5.48. The minimum absolute atomic E-state index is 0.0758. The van der Waals surface area contributed by atoms with E-state index in [4.69, 9.17) is 5.73 Å². The van der Waals surface area contributed by atoms with Gasteiger partial charge in [-0.15, -0.1) is 0 Å². The smallest absolute Gasteiger partial charge is 0.250 e. The predicted octanol–water partition coefficient (Wildman–Crippen LogP) is 0.836. The summed E-state index contributed by atoms with van der Waals surface area (Å²) < 4.78 is 0. The van der Waals surface area contributed by atoms with Gasteiger partial charge in [0.05, 0.1) is 0 Å². The topological polar surface area (TPSA) is 58.9 Å². The normalized spacial score (nSPS) is 15.7. The zero-order valence-corrected chi connectivity index (χ0v) is 6.89. The zero-order chi connectivity index (χ0) is 8.55. The Labute approximate surface area is 70.6 Å². The van der Waals surface area contributed by atoms with Crippen molar-refractivity contribution in [3.63, 3.8) is 0 Å². The summed E-state index contributed by atoms with van der Waals surface area (Å²) in [6.45, 7) is 0. The van der Waals surface area contributed by atoms with E-state index in [2.05, 4.69) is 4.98 Å². The number of aryl methyl sites for hydroxylation is 1. The monoisotopic (exact) mass is 164 g/mol. The molecule has 1 aromatic heterocycles. The second-order valence-electron chi connectivity index (χ2n) is 3.25. The highest BCUT2D eigenvalue weighted by Crippen LogP contribution is 2.22. The van der Waals surface area contributed by atoms with Gasteiger partial charge in [0.1, 0.15) is 0 Å². The quantitative estimate of drug-likeness (QED) is 0.596. The SMILES string of the molecule is Nc1cc(=O)[nH]c2c1CCCC2. The first kappa shape index (κ1) is 7.40. The van der Waals surface area contributed by atoms with Gasteiger partial charge >= 0.3 is 0 Å². The molecule has 3 nitrogen and oxygen atoms in total. The maximum absolute atomic E-state index is 11.0. The van der Waals surface area contributed by atoms with Crippen molar-refractivity contribution in [1.82, 2.24) is 4.98 Å². The Morgan fingerprint density at radius 3 is 2.92 bits per heavy atom. The first-order valence-corrected chi connectivity index (χ1v) is 4.28. The molecule has 0 saturated heterocycles. The van der Waals surface area contributed by atoms with Crippen LogP contribution in [-0.2, 0) is 12.8 Å². The third-order valence-corrected chi connectivity index (χ3v) is 2.38. The van der Waals surface area contributed by atoms with Crippen molar-refractivity contribution in [2.45, 2.75) is 25.7 Å². The Bertz CT molecular complexity index is 354. The molecule has 3 N–H and O–H groups in total. The number of H-pyrrole nitrogens is 1. The van der Waals surface area contributed by atoms with Crippen LogP contribution in [0.4, 0.5) is 5.69 Å². The maximum Gasteiger partial charge on any atom is 0.250 e. The molecule has 1 aromatic rings. The number of nitrogens with two attached hydrogens (primary N) is 1. The molecule has 0 aromatic carbocycles. The van der Waals surface area contributed by atoms with Gasteiger partial charge in [-0.2, -0.15) is 0 Å². The Morgan fingerprint density at radius 2 is 2.08 bits per heavy atom. The minimum atomic E-state index is -0.0758. The molecule has 0 saturated carbocycles. The summed E-state index contributed by atoms with van der Waals surface area (Å²) in [4.78, 5) is 13.9. The molecule has 2 rings (SSSR count). The van der Waals surface area contributed by atoms with E-state index < -0.39 is 0 Å². The number of fused-ring (bicyclic) bond motifs is 1. The molecule has 0 atom stereocenters. The van der Waals surface area contributed by atoms with Crippen LogP contribution in [0.1, 0.15) is 24.1 Å². The molecule has 0 aliphatic heterocycles. The van der Waals surface area contributed by atoms with E-state index in [-0.39, 0.29) is 5.56 Å². The zero-order valence-electron chi connectivity index (χ0n) is 6.89. The van der Waals surface area contributed by atoms with Crippen LogP contribution in [0.2, 0.25) is 0 Å². The summed E-state index contributed by atoms with van der Waals surface area (Å²) in [6, 6.07) is 1.48. The second kappa shape index (κ2) is 2.66. The van der Waals surface area contributed by atoms with E-state index >= 15 is 0 Å². The average Bonchev–Trinajstić information content (AvgIpc) is 2.04. The van der Waals surface area contributed by atoms with Crippen molar-refractivity contribution in [3.8, 4) is 0 Å². The summed E-state index contributed by atoms with van der Waals surface area (Å²) >= 11 is 0. The Kier molecular flexibility index (Phi) is 1.64. The molecule has 0 spiro atoms. The van der Waals surface area contributed by atoms with Crippen LogP contribution >= 0.6 is 0 Å². The lowest BCUT2D eigenvalue weighted by Crippen LogP contribution is -2.16. The van der Waals surface area contributed by atoms with Crippen LogP contribution in [0, 0.1) is 0 Å². The van der Waals surface area contributed by atoms with Gasteiger partial charge in [-0.25, -0.2) is 0 Å². The first-order valence-electron chi connectivity index (χ1n) is 4.28. The Balaban J connectivity index is 2.60. The summed E-state index contributed by atoms with van der Waals surface area (Å²) in [6.07, 6.45) is 4.32. The highest BCUT2D eigenvalue weighted by Gasteiger charge is 2.12. The fourth-order valence-corrected chi connectivity index (χ4v) is 1.77. The lowest BCUT2D eigenvalue weighted by atomic mass is 9.95. The van der Waals surface area contributed by atoms with Crippen LogP contribution in [0.5, 0.6) is 0 Å². The van der Waals surface area contributed by atoms with Crippen LogP contribution in [0.15, 0.2) is 10.9 Å². The lowest BCUT2D eigenvalue weighted by Gasteiger charge is -2.16. The van der Waals surface area contributed by atoms with Gasteiger partial charge in [0, 0.05) is 17.4 Å². The number of hydrogen-bond donors (Lipinski definition) is 2. The van der Waals surface area contributed by atoms with Gasteiger partial charge < -0.3 is 10.7 Å². The molecule has 64 valence electrons. The van der Waals surface area contributed by atoms with Crippen LogP contribution in [0.25, 0.3) is 0 Å². The number of pyridine rings is 1. The fourth-order valence-electron chi connectivity index (χ4n) is 1.77. The average molecular weight is 164 g/mol. The standard InChI is InChI=1S/C9H12N2O/c10-7-5-9(12)11-8-4-2-1-3-6(7)8/h5H,1-4H2,(H3,10,11,12). The largest absolute Gasteiger partial charge is 0.398 e. The van der Waals surface area contributed by atoms with Crippen LogP contribution in [0.3, 0.4) is 0 Å². The summed E-state index contributed by atoms with van der Waals surface area (Å²) in [5, 5.41) is 0. The van der Waals surface area contributed by atoms with Gasteiger partial charge in [0.2, 0.25) is 5.56 Å². The Morgan fingerprint density at radius 1 is 1.33 bits per heavy atom. The third kappa shape index (κ3) is 1.11. The number of anilines is 1. The van der Waals surface area contributed by atoms with E-state index in [9.17, 15) is 4.79 Å². The van der Waals surface area contributed by atoms with Crippen molar-refractivity contribution in [1.29, 1.82) is 0 Å². The molecule has 0 amide bonds.